The van der Waals surface area contributed by atoms with Crippen molar-refractivity contribution in [1.82, 2.24) is 5.32 Å². The van der Waals surface area contributed by atoms with Gasteiger partial charge in [0.1, 0.15) is 11.5 Å². The number of phenols is 2. The van der Waals surface area contributed by atoms with E-state index in [-0.39, 0.29) is 17.5 Å². The molecule has 0 aliphatic carbocycles. The maximum atomic E-state index is 9.62. The first-order valence-electron chi connectivity index (χ1n) is 7.14. The predicted molar refractivity (Wildman–Crippen MR) is 85.8 cm³/mol. The lowest BCUT2D eigenvalue weighted by Gasteiger charge is -2.29. The number of hydrogen-bond donors (Lipinski definition) is 3. The Kier molecular flexibility index (Phi) is 4.08. The Bertz CT molecular complexity index is 624. The molecule has 3 N–H and O–H groups in total. The lowest BCUT2D eigenvalue weighted by molar-refractivity contribution is 0.432. The summed E-state index contributed by atoms with van der Waals surface area (Å²) in [5, 5.41) is 22.8. The van der Waals surface area contributed by atoms with Crippen LogP contribution in [0, 0.1) is 0 Å². The summed E-state index contributed by atoms with van der Waals surface area (Å²) in [4.78, 5) is 1.34. The van der Waals surface area contributed by atoms with Gasteiger partial charge in [-0.25, -0.2) is 0 Å². The first-order chi connectivity index (χ1) is 10.1. The lowest BCUT2D eigenvalue weighted by Crippen LogP contribution is -2.27. The fraction of sp³-hybridized carbons (Fsp3) is 0.294. The molecule has 0 amide bonds. The fourth-order valence-electron chi connectivity index (χ4n) is 2.78. The predicted octanol–water partition coefficient (Wildman–Crippen LogP) is 3.99. The van der Waals surface area contributed by atoms with Gasteiger partial charge in [-0.15, -0.1) is 11.8 Å². The maximum Gasteiger partial charge on any atom is 0.119 e. The molecule has 3 nitrogen and oxygen atoms in total. The molecule has 1 heterocycles. The minimum atomic E-state index is 0.0594. The smallest absolute Gasteiger partial charge is 0.119 e. The highest BCUT2D eigenvalue weighted by Gasteiger charge is 2.22. The van der Waals surface area contributed by atoms with E-state index in [1.54, 1.807) is 12.1 Å². The normalized spacial score (nSPS) is 19.0. The average molecular weight is 301 g/mol. The molecule has 3 rings (SSSR count). The largest absolute Gasteiger partial charge is 0.508 e. The summed E-state index contributed by atoms with van der Waals surface area (Å²) in [6.45, 7) is 2.05. The third kappa shape index (κ3) is 3.17. The standard InChI is InChI=1S/C17H19NO2S/c1-11(12-8-13(19)10-14(20)9-12)18-16-6-7-21-17-5-3-2-4-15(16)17/h2-5,8-11,16,18-20H,6-7H2,1H3. The molecule has 1 aliphatic rings. The van der Waals surface area contributed by atoms with Gasteiger partial charge >= 0.3 is 0 Å². The van der Waals surface area contributed by atoms with Gasteiger partial charge in [-0.2, -0.15) is 0 Å². The molecule has 0 spiro atoms. The fourth-order valence-corrected chi connectivity index (χ4v) is 3.91. The Balaban J connectivity index is 1.81. The van der Waals surface area contributed by atoms with Crippen LogP contribution in [0.5, 0.6) is 11.5 Å². The van der Waals surface area contributed by atoms with Gasteiger partial charge in [-0.1, -0.05) is 18.2 Å². The Labute approximate surface area is 129 Å². The van der Waals surface area contributed by atoms with Crippen molar-refractivity contribution in [2.45, 2.75) is 30.3 Å². The highest BCUT2D eigenvalue weighted by molar-refractivity contribution is 7.99. The molecule has 0 radical (unpaired) electrons. The Morgan fingerprint density at radius 2 is 1.86 bits per heavy atom. The molecule has 2 aromatic carbocycles. The van der Waals surface area contributed by atoms with Crippen LogP contribution in [0.25, 0.3) is 0 Å². The number of rotatable bonds is 3. The van der Waals surface area contributed by atoms with E-state index in [1.165, 1.54) is 16.5 Å². The van der Waals surface area contributed by atoms with Crippen LogP contribution < -0.4 is 5.32 Å². The maximum absolute atomic E-state index is 9.62. The number of phenolic OH excluding ortho intramolecular Hbond substituents is 2. The molecule has 2 atom stereocenters. The molecule has 0 aromatic heterocycles. The molecule has 2 aromatic rings. The van der Waals surface area contributed by atoms with E-state index >= 15 is 0 Å². The van der Waals surface area contributed by atoms with Crippen LogP contribution in [-0.2, 0) is 0 Å². The Morgan fingerprint density at radius 1 is 1.14 bits per heavy atom. The Hall–Kier alpha value is -1.65. The zero-order chi connectivity index (χ0) is 14.8. The van der Waals surface area contributed by atoms with Crippen LogP contribution in [-0.4, -0.2) is 16.0 Å². The summed E-state index contributed by atoms with van der Waals surface area (Å²) >= 11 is 1.90. The van der Waals surface area contributed by atoms with E-state index < -0.39 is 0 Å². The van der Waals surface area contributed by atoms with Gasteiger partial charge in [0, 0.05) is 23.0 Å². The van der Waals surface area contributed by atoms with E-state index in [1.807, 2.05) is 11.8 Å². The van der Waals surface area contributed by atoms with Crippen molar-refractivity contribution in [1.29, 1.82) is 0 Å². The van der Waals surface area contributed by atoms with Gasteiger partial charge in [0.05, 0.1) is 0 Å². The van der Waals surface area contributed by atoms with E-state index in [2.05, 4.69) is 36.5 Å². The second-order valence-electron chi connectivity index (χ2n) is 5.40. The van der Waals surface area contributed by atoms with Gasteiger partial charge < -0.3 is 15.5 Å². The van der Waals surface area contributed by atoms with Crippen molar-refractivity contribution < 1.29 is 10.2 Å². The third-order valence-electron chi connectivity index (χ3n) is 3.83. The monoisotopic (exact) mass is 301 g/mol. The second-order valence-corrected chi connectivity index (χ2v) is 6.54. The van der Waals surface area contributed by atoms with Crippen LogP contribution in [0.15, 0.2) is 47.4 Å². The molecule has 0 saturated heterocycles. The topological polar surface area (TPSA) is 52.5 Å². The Morgan fingerprint density at radius 3 is 2.62 bits per heavy atom. The molecule has 2 unspecified atom stereocenters. The SMILES string of the molecule is CC(NC1CCSc2ccccc21)c1cc(O)cc(O)c1. The molecule has 21 heavy (non-hydrogen) atoms. The summed E-state index contributed by atoms with van der Waals surface area (Å²) in [5.74, 6) is 1.30. The van der Waals surface area contributed by atoms with E-state index in [4.69, 9.17) is 0 Å². The zero-order valence-corrected chi connectivity index (χ0v) is 12.7. The zero-order valence-electron chi connectivity index (χ0n) is 11.9. The van der Waals surface area contributed by atoms with Crippen molar-refractivity contribution in [3.05, 3.63) is 53.6 Å². The highest BCUT2D eigenvalue weighted by atomic mass is 32.2. The van der Waals surface area contributed by atoms with Crippen LogP contribution in [0.2, 0.25) is 0 Å². The number of benzene rings is 2. The quantitative estimate of drug-likeness (QED) is 0.802. The molecule has 0 saturated carbocycles. The van der Waals surface area contributed by atoms with Crippen molar-refractivity contribution in [2.75, 3.05) is 5.75 Å². The summed E-state index contributed by atoms with van der Waals surface area (Å²) in [6, 6.07) is 13.6. The molecular formula is C17H19NO2S. The molecule has 0 bridgehead atoms. The number of fused-ring (bicyclic) bond motifs is 1. The van der Waals surface area contributed by atoms with Gasteiger partial charge in [0.15, 0.2) is 0 Å². The van der Waals surface area contributed by atoms with Crippen molar-refractivity contribution in [3.63, 3.8) is 0 Å². The van der Waals surface area contributed by atoms with Crippen LogP contribution in [0.4, 0.5) is 0 Å². The van der Waals surface area contributed by atoms with Crippen LogP contribution >= 0.6 is 11.8 Å². The number of nitrogens with one attached hydrogen (secondary N) is 1. The van der Waals surface area contributed by atoms with Crippen molar-refractivity contribution >= 4 is 11.8 Å². The molecule has 1 aliphatic heterocycles. The minimum absolute atomic E-state index is 0.0594. The molecular weight excluding hydrogens is 282 g/mol. The second kappa shape index (κ2) is 6.00. The minimum Gasteiger partial charge on any atom is -0.508 e. The number of hydrogen-bond acceptors (Lipinski definition) is 4. The average Bonchev–Trinajstić information content (AvgIpc) is 2.46. The highest BCUT2D eigenvalue weighted by Crippen LogP contribution is 2.37. The summed E-state index contributed by atoms with van der Waals surface area (Å²) < 4.78 is 0. The van der Waals surface area contributed by atoms with Crippen LogP contribution in [0.1, 0.15) is 36.6 Å². The van der Waals surface area contributed by atoms with Crippen LogP contribution in [0.3, 0.4) is 0 Å². The van der Waals surface area contributed by atoms with Gasteiger partial charge in [-0.05, 0) is 48.4 Å². The van der Waals surface area contributed by atoms with Gasteiger partial charge in [0.25, 0.3) is 0 Å². The third-order valence-corrected chi connectivity index (χ3v) is 4.96. The summed E-state index contributed by atoms with van der Waals surface area (Å²) in [7, 11) is 0. The summed E-state index contributed by atoms with van der Waals surface area (Å²) in [6.07, 6.45) is 1.08. The number of thioether (sulfide) groups is 1. The first kappa shape index (κ1) is 14.3. The van der Waals surface area contributed by atoms with Crippen molar-refractivity contribution in [2.24, 2.45) is 0 Å². The van der Waals surface area contributed by atoms with Gasteiger partial charge in [0.2, 0.25) is 0 Å². The van der Waals surface area contributed by atoms with E-state index in [0.717, 1.165) is 17.7 Å². The van der Waals surface area contributed by atoms with Crippen molar-refractivity contribution in [3.8, 4) is 11.5 Å². The molecule has 4 heteroatoms. The first-order valence-corrected chi connectivity index (χ1v) is 8.13. The van der Waals surface area contributed by atoms with E-state index in [0.29, 0.717) is 6.04 Å². The molecule has 0 fully saturated rings. The lowest BCUT2D eigenvalue weighted by atomic mass is 10.0. The summed E-state index contributed by atoms with van der Waals surface area (Å²) in [5.41, 5.74) is 2.23. The van der Waals surface area contributed by atoms with Gasteiger partial charge in [-0.3, -0.25) is 0 Å². The number of aromatic hydroxyl groups is 2. The molecule has 110 valence electrons. The van der Waals surface area contributed by atoms with E-state index in [9.17, 15) is 10.2 Å².